The molecule has 2 heterocycles. The normalized spacial score (nSPS) is 14.8. The Morgan fingerprint density at radius 3 is 2.43 bits per heavy atom. The number of thioether (sulfide) groups is 1. The van der Waals surface area contributed by atoms with Gasteiger partial charge in [-0.05, 0) is 86.3 Å². The molecule has 6 nitrogen and oxygen atoms in total. The number of anilines is 1. The van der Waals surface area contributed by atoms with E-state index in [-0.39, 0.29) is 6.54 Å². The Labute approximate surface area is 210 Å². The molecular weight excluding hydrogens is 458 g/mol. The number of carbonyl (C=O) groups is 3. The van der Waals surface area contributed by atoms with Gasteiger partial charge in [0.1, 0.15) is 6.54 Å². The fraction of sp³-hybridized carbons (Fsp3) is 0.250. The number of nitrogens with one attached hydrogen (secondary N) is 1. The van der Waals surface area contributed by atoms with Gasteiger partial charge in [-0.3, -0.25) is 19.3 Å². The van der Waals surface area contributed by atoms with Crippen LogP contribution >= 0.6 is 11.8 Å². The number of imide groups is 1. The van der Waals surface area contributed by atoms with Crippen molar-refractivity contribution in [3.63, 3.8) is 0 Å². The van der Waals surface area contributed by atoms with Crippen molar-refractivity contribution in [2.45, 2.75) is 41.0 Å². The summed E-state index contributed by atoms with van der Waals surface area (Å²) in [6, 6.07) is 15.7. The molecule has 1 fully saturated rings. The maximum absolute atomic E-state index is 13.0. The minimum absolute atomic E-state index is 0.319. The highest BCUT2D eigenvalue weighted by atomic mass is 32.2. The summed E-state index contributed by atoms with van der Waals surface area (Å²) in [7, 11) is 0. The Hall–Kier alpha value is -3.58. The van der Waals surface area contributed by atoms with Gasteiger partial charge in [-0.2, -0.15) is 0 Å². The number of aromatic nitrogens is 1. The molecule has 35 heavy (non-hydrogen) atoms. The number of hydrogen-bond acceptors (Lipinski definition) is 4. The van der Waals surface area contributed by atoms with Crippen molar-refractivity contribution in [1.82, 2.24) is 9.47 Å². The molecule has 180 valence electrons. The number of rotatable bonds is 6. The molecule has 3 aromatic rings. The fourth-order valence-electron chi connectivity index (χ4n) is 4.43. The molecule has 0 atom stereocenters. The van der Waals surface area contributed by atoms with Crippen molar-refractivity contribution in [2.24, 2.45) is 0 Å². The molecule has 7 heteroatoms. The van der Waals surface area contributed by atoms with E-state index in [1.54, 1.807) is 12.1 Å². The van der Waals surface area contributed by atoms with Crippen LogP contribution in [-0.4, -0.2) is 33.1 Å². The van der Waals surface area contributed by atoms with Crippen molar-refractivity contribution in [1.29, 1.82) is 0 Å². The Balaban J connectivity index is 1.58. The van der Waals surface area contributed by atoms with Crippen LogP contribution in [0, 0.1) is 27.7 Å². The summed E-state index contributed by atoms with van der Waals surface area (Å²) < 4.78 is 2.21. The number of para-hydroxylation sites is 2. The second-order valence-corrected chi connectivity index (χ2v) is 9.72. The molecule has 0 unspecified atom stereocenters. The molecule has 3 amide bonds. The van der Waals surface area contributed by atoms with Gasteiger partial charge in [-0.1, -0.05) is 43.3 Å². The lowest BCUT2D eigenvalue weighted by Crippen LogP contribution is -2.36. The predicted molar refractivity (Wildman–Crippen MR) is 142 cm³/mol. The van der Waals surface area contributed by atoms with E-state index in [2.05, 4.69) is 41.9 Å². The number of aryl methyl sites for hydroxylation is 4. The summed E-state index contributed by atoms with van der Waals surface area (Å²) in [6.45, 7) is 9.86. The summed E-state index contributed by atoms with van der Waals surface area (Å²) >= 11 is 0.868. The van der Waals surface area contributed by atoms with E-state index in [9.17, 15) is 14.4 Å². The minimum Gasteiger partial charge on any atom is -0.324 e. The highest BCUT2D eigenvalue weighted by molar-refractivity contribution is 8.18. The lowest BCUT2D eigenvalue weighted by Gasteiger charge is -2.17. The average Bonchev–Trinajstić information content (AvgIpc) is 3.24. The largest absolute Gasteiger partial charge is 0.324 e. The third kappa shape index (κ3) is 4.82. The molecule has 0 aliphatic carbocycles. The van der Waals surface area contributed by atoms with E-state index < -0.39 is 17.1 Å². The van der Waals surface area contributed by atoms with Crippen molar-refractivity contribution < 1.29 is 14.4 Å². The summed E-state index contributed by atoms with van der Waals surface area (Å²) in [6.07, 6.45) is 2.67. The highest BCUT2D eigenvalue weighted by Gasteiger charge is 2.36. The average molecular weight is 488 g/mol. The molecule has 0 radical (unpaired) electrons. The first-order valence-corrected chi connectivity index (χ1v) is 12.4. The first kappa shape index (κ1) is 24.5. The summed E-state index contributed by atoms with van der Waals surface area (Å²) in [4.78, 5) is 39.5. The van der Waals surface area contributed by atoms with Crippen LogP contribution in [0.25, 0.3) is 11.8 Å². The standard InChI is InChI=1S/C28H29N3O3S/c1-6-21-12-9-11-18(3)26(21)31-19(4)14-22(20(31)5)15-24-27(33)30(28(34)35-24)16-25(32)29-23-13-8-7-10-17(23)2/h7-15H,6,16H2,1-5H3,(H,29,32)/b24-15-. The van der Waals surface area contributed by atoms with Crippen molar-refractivity contribution in [3.8, 4) is 5.69 Å². The van der Waals surface area contributed by atoms with Crippen LogP contribution in [0.3, 0.4) is 0 Å². The van der Waals surface area contributed by atoms with E-state index in [1.807, 2.05) is 45.0 Å². The predicted octanol–water partition coefficient (Wildman–Crippen LogP) is 5.95. The zero-order valence-electron chi connectivity index (χ0n) is 20.6. The quantitative estimate of drug-likeness (QED) is 0.436. The maximum atomic E-state index is 13.0. The zero-order chi connectivity index (χ0) is 25.3. The Kier molecular flexibility index (Phi) is 6.98. The van der Waals surface area contributed by atoms with Gasteiger partial charge in [-0.15, -0.1) is 0 Å². The number of hydrogen-bond donors (Lipinski definition) is 1. The second kappa shape index (κ2) is 9.96. The van der Waals surface area contributed by atoms with Crippen LogP contribution in [0.2, 0.25) is 0 Å². The molecule has 1 saturated heterocycles. The van der Waals surface area contributed by atoms with Gasteiger partial charge >= 0.3 is 0 Å². The first-order valence-electron chi connectivity index (χ1n) is 11.6. The Bertz CT molecular complexity index is 1370. The van der Waals surface area contributed by atoms with E-state index >= 15 is 0 Å². The number of benzene rings is 2. The van der Waals surface area contributed by atoms with Crippen molar-refractivity contribution in [2.75, 3.05) is 11.9 Å². The van der Waals surface area contributed by atoms with Gasteiger partial charge in [0.05, 0.1) is 10.6 Å². The summed E-state index contributed by atoms with van der Waals surface area (Å²) in [5.41, 5.74) is 8.08. The molecule has 1 aliphatic rings. The third-order valence-electron chi connectivity index (χ3n) is 6.28. The van der Waals surface area contributed by atoms with E-state index in [0.29, 0.717) is 10.6 Å². The monoisotopic (exact) mass is 487 g/mol. The van der Waals surface area contributed by atoms with E-state index in [1.165, 1.54) is 11.1 Å². The molecule has 4 rings (SSSR count). The maximum Gasteiger partial charge on any atom is 0.294 e. The van der Waals surface area contributed by atoms with Gasteiger partial charge in [0.25, 0.3) is 11.1 Å². The van der Waals surface area contributed by atoms with Crippen molar-refractivity contribution in [3.05, 3.63) is 87.1 Å². The molecule has 1 N–H and O–H groups in total. The smallest absolute Gasteiger partial charge is 0.294 e. The molecule has 0 spiro atoms. The molecule has 1 aromatic heterocycles. The molecule has 2 aromatic carbocycles. The lowest BCUT2D eigenvalue weighted by atomic mass is 10.1. The molecule has 0 bridgehead atoms. The topological polar surface area (TPSA) is 71.4 Å². The van der Waals surface area contributed by atoms with Crippen LogP contribution in [0.15, 0.2) is 53.4 Å². The zero-order valence-corrected chi connectivity index (χ0v) is 21.5. The number of carbonyl (C=O) groups excluding carboxylic acids is 3. The SMILES string of the molecule is CCc1cccc(C)c1-n1c(C)cc(/C=C2\SC(=O)N(CC(=O)Nc3ccccc3C)C2=O)c1C. The highest BCUT2D eigenvalue weighted by Crippen LogP contribution is 2.34. The van der Waals surface area contributed by atoms with Crippen LogP contribution in [0.1, 0.15) is 40.6 Å². The second-order valence-electron chi connectivity index (χ2n) is 8.73. The number of nitrogens with zero attached hydrogens (tertiary/aromatic N) is 2. The van der Waals surface area contributed by atoms with E-state index in [4.69, 9.17) is 0 Å². The summed E-state index contributed by atoms with van der Waals surface area (Å²) in [5.74, 6) is -0.859. The molecule has 1 aliphatic heterocycles. The molecular formula is C28H29N3O3S. The van der Waals surface area contributed by atoms with Gasteiger partial charge in [0.2, 0.25) is 5.91 Å². The lowest BCUT2D eigenvalue weighted by molar-refractivity contribution is -0.127. The Morgan fingerprint density at radius 2 is 1.71 bits per heavy atom. The summed E-state index contributed by atoms with van der Waals surface area (Å²) in [5, 5.41) is 2.34. The Morgan fingerprint density at radius 1 is 1.00 bits per heavy atom. The number of amides is 3. The molecule has 0 saturated carbocycles. The van der Waals surface area contributed by atoms with Gasteiger partial charge in [-0.25, -0.2) is 0 Å². The first-order chi connectivity index (χ1) is 16.7. The van der Waals surface area contributed by atoms with Gasteiger partial charge in [0, 0.05) is 17.1 Å². The fourth-order valence-corrected chi connectivity index (χ4v) is 5.26. The van der Waals surface area contributed by atoms with Crippen LogP contribution in [0.5, 0.6) is 0 Å². The van der Waals surface area contributed by atoms with Crippen LogP contribution < -0.4 is 5.32 Å². The van der Waals surface area contributed by atoms with Gasteiger partial charge in [0.15, 0.2) is 0 Å². The van der Waals surface area contributed by atoms with Crippen molar-refractivity contribution >= 4 is 40.6 Å². The minimum atomic E-state index is -0.449. The third-order valence-corrected chi connectivity index (χ3v) is 7.18. The van der Waals surface area contributed by atoms with Gasteiger partial charge < -0.3 is 9.88 Å². The van der Waals surface area contributed by atoms with Crippen LogP contribution in [0.4, 0.5) is 10.5 Å². The van der Waals surface area contributed by atoms with Crippen LogP contribution in [-0.2, 0) is 16.0 Å². The van der Waals surface area contributed by atoms with E-state index in [0.717, 1.165) is 51.3 Å².